The minimum Gasteiger partial charge on any atom is -0.455 e. The summed E-state index contributed by atoms with van der Waals surface area (Å²) in [5, 5.41) is 20.8. The molecule has 0 aromatic heterocycles. The fourth-order valence-electron chi connectivity index (χ4n) is 6.35. The van der Waals surface area contributed by atoms with Gasteiger partial charge < -0.3 is 24.4 Å². The Hall–Kier alpha value is -0.950. The Balaban J connectivity index is 1.36. The van der Waals surface area contributed by atoms with Crippen molar-refractivity contribution in [3.63, 3.8) is 0 Å². The second-order valence-corrected chi connectivity index (χ2v) is 13.1. The van der Waals surface area contributed by atoms with E-state index in [2.05, 4.69) is 6.92 Å². The zero-order chi connectivity index (χ0) is 30.3. The van der Waals surface area contributed by atoms with Crippen LogP contribution in [0.5, 0.6) is 0 Å². The Kier molecular flexibility index (Phi) is 21.6. The fraction of sp³-hybridized carbons (Fsp3) is 0.917. The molecule has 0 aromatic carbocycles. The van der Waals surface area contributed by atoms with Crippen molar-refractivity contribution in [2.75, 3.05) is 13.2 Å². The van der Waals surface area contributed by atoms with Crippen LogP contribution >= 0.6 is 0 Å². The van der Waals surface area contributed by atoms with Gasteiger partial charge in [0.15, 0.2) is 0 Å². The zero-order valence-corrected chi connectivity index (χ0v) is 27.4. The second kappa shape index (κ2) is 24.4. The number of carbonyl (C=O) groups is 1. The molecular formula is C36H66O6. The molecule has 0 radical (unpaired) electrons. The van der Waals surface area contributed by atoms with Gasteiger partial charge in [-0.1, -0.05) is 116 Å². The van der Waals surface area contributed by atoms with Gasteiger partial charge in [-0.2, -0.15) is 0 Å². The Bertz CT molecular complexity index is 694. The van der Waals surface area contributed by atoms with E-state index in [4.69, 9.17) is 14.2 Å². The Morgan fingerprint density at radius 3 is 1.57 bits per heavy atom. The van der Waals surface area contributed by atoms with Crippen LogP contribution in [0.25, 0.3) is 0 Å². The number of aliphatic hydroxyl groups excluding tert-OH is 2. The number of cyclic esters (lactones) is 1. The predicted molar refractivity (Wildman–Crippen MR) is 172 cm³/mol. The van der Waals surface area contributed by atoms with E-state index >= 15 is 0 Å². The van der Waals surface area contributed by atoms with Gasteiger partial charge in [0.05, 0.1) is 37.6 Å². The lowest BCUT2D eigenvalue weighted by atomic mass is 10.0. The van der Waals surface area contributed by atoms with E-state index < -0.39 is 6.10 Å². The molecule has 0 spiro atoms. The van der Waals surface area contributed by atoms with Crippen molar-refractivity contribution in [1.82, 2.24) is 0 Å². The third kappa shape index (κ3) is 18.0. The van der Waals surface area contributed by atoms with E-state index in [-0.39, 0.29) is 30.4 Å². The summed E-state index contributed by atoms with van der Waals surface area (Å²) in [6.07, 6.45) is 29.1. The molecule has 1 aliphatic carbocycles. The Morgan fingerprint density at radius 1 is 0.714 bits per heavy atom. The fourth-order valence-corrected chi connectivity index (χ4v) is 6.35. The van der Waals surface area contributed by atoms with Crippen molar-refractivity contribution in [1.29, 1.82) is 0 Å². The second-order valence-electron chi connectivity index (χ2n) is 13.1. The molecule has 1 aliphatic heterocycles. The summed E-state index contributed by atoms with van der Waals surface area (Å²) in [6.45, 7) is 4.96. The van der Waals surface area contributed by atoms with Crippen LogP contribution in [0.4, 0.5) is 0 Å². The van der Waals surface area contributed by atoms with Gasteiger partial charge in [-0.05, 0) is 57.9 Å². The molecule has 246 valence electrons. The molecule has 1 saturated carbocycles. The van der Waals surface area contributed by atoms with Crippen LogP contribution < -0.4 is 0 Å². The molecule has 6 nitrogen and oxygen atoms in total. The van der Waals surface area contributed by atoms with Gasteiger partial charge in [0.25, 0.3) is 0 Å². The minimum absolute atomic E-state index is 0.0470. The van der Waals surface area contributed by atoms with Crippen molar-refractivity contribution in [3.8, 4) is 0 Å². The highest BCUT2D eigenvalue weighted by molar-refractivity contribution is 5.90. The molecule has 0 unspecified atom stereocenters. The number of unbranched alkanes of at least 4 members (excludes halogenated alkanes) is 16. The highest BCUT2D eigenvalue weighted by Crippen LogP contribution is 2.26. The highest BCUT2D eigenvalue weighted by Gasteiger charge is 2.30. The molecule has 5 atom stereocenters. The van der Waals surface area contributed by atoms with E-state index in [1.165, 1.54) is 96.3 Å². The van der Waals surface area contributed by atoms with Gasteiger partial charge in [-0.15, -0.1) is 0 Å². The van der Waals surface area contributed by atoms with E-state index in [9.17, 15) is 15.0 Å². The average molecular weight is 595 g/mol. The first-order chi connectivity index (χ1) is 20.5. The van der Waals surface area contributed by atoms with Crippen LogP contribution in [0, 0.1) is 0 Å². The molecule has 0 bridgehead atoms. The first-order valence-corrected chi connectivity index (χ1v) is 18.0. The van der Waals surface area contributed by atoms with E-state index in [0.29, 0.717) is 13.2 Å². The molecule has 0 saturated heterocycles. The van der Waals surface area contributed by atoms with Gasteiger partial charge in [0.1, 0.15) is 6.10 Å². The number of aliphatic hydroxyl groups is 2. The molecule has 42 heavy (non-hydrogen) atoms. The van der Waals surface area contributed by atoms with Crippen LogP contribution in [0.3, 0.4) is 0 Å². The number of rotatable bonds is 28. The van der Waals surface area contributed by atoms with Gasteiger partial charge in [0.2, 0.25) is 0 Å². The Labute approximate surface area is 258 Å². The quantitative estimate of drug-likeness (QED) is 0.0696. The standard InChI is InChI=1S/C36H66O6/c1-3-4-5-6-7-13-16-19-23-32(37)28-40-34-25-21-26-35(34)41-29-33(38)24-20-17-14-11-9-8-10-12-15-18-22-31-27-30(2)42-36(31)39/h27,30,32-35,37-38H,3-26,28-29H2,1-2H3/t30-,32+,33+,34-,35-/m0/s1. The lowest BCUT2D eigenvalue weighted by Gasteiger charge is -2.23. The number of carbonyl (C=O) groups excluding carboxylic acids is 1. The SMILES string of the molecule is CCCCCCCCCC[C@@H](O)CO[C@H]1CCC[C@@H]1OC[C@H](O)CCCCCCCCCCCCC1=C[C@H](C)OC1=O. The predicted octanol–water partition coefficient (Wildman–Crippen LogP) is 8.75. The molecule has 0 amide bonds. The van der Waals surface area contributed by atoms with Gasteiger partial charge in [-0.3, -0.25) is 0 Å². The van der Waals surface area contributed by atoms with Crippen LogP contribution in [0.2, 0.25) is 0 Å². The number of hydrogen-bond donors (Lipinski definition) is 2. The molecule has 1 heterocycles. The molecule has 2 rings (SSSR count). The molecule has 2 aliphatic rings. The number of esters is 1. The lowest BCUT2D eigenvalue weighted by Crippen LogP contribution is -2.32. The summed E-state index contributed by atoms with van der Waals surface area (Å²) in [7, 11) is 0. The van der Waals surface area contributed by atoms with Crippen molar-refractivity contribution >= 4 is 5.97 Å². The third-order valence-corrected chi connectivity index (χ3v) is 9.01. The first-order valence-electron chi connectivity index (χ1n) is 18.0. The van der Waals surface area contributed by atoms with E-state index in [1.54, 1.807) is 0 Å². The zero-order valence-electron chi connectivity index (χ0n) is 27.4. The van der Waals surface area contributed by atoms with Crippen LogP contribution in [0.1, 0.15) is 168 Å². The van der Waals surface area contributed by atoms with Crippen molar-refractivity contribution in [2.45, 2.75) is 198 Å². The first kappa shape index (κ1) is 37.2. The summed E-state index contributed by atoms with van der Waals surface area (Å²) in [6, 6.07) is 0. The Morgan fingerprint density at radius 2 is 1.14 bits per heavy atom. The van der Waals surface area contributed by atoms with Gasteiger partial charge in [-0.25, -0.2) is 4.79 Å². The van der Waals surface area contributed by atoms with Crippen molar-refractivity contribution < 1.29 is 29.2 Å². The summed E-state index contributed by atoms with van der Waals surface area (Å²) in [5.74, 6) is -0.119. The van der Waals surface area contributed by atoms with Gasteiger partial charge in [0, 0.05) is 5.57 Å². The lowest BCUT2D eigenvalue weighted by molar-refractivity contribution is -0.139. The third-order valence-electron chi connectivity index (χ3n) is 9.01. The topological polar surface area (TPSA) is 85.2 Å². The number of hydrogen-bond acceptors (Lipinski definition) is 6. The van der Waals surface area contributed by atoms with E-state index in [0.717, 1.165) is 63.4 Å². The molecule has 1 fully saturated rings. The minimum atomic E-state index is -0.399. The van der Waals surface area contributed by atoms with Crippen molar-refractivity contribution in [3.05, 3.63) is 11.6 Å². The average Bonchev–Trinajstić information content (AvgIpc) is 3.56. The molecular weight excluding hydrogens is 528 g/mol. The summed E-state index contributed by atoms with van der Waals surface area (Å²) in [5.41, 5.74) is 0.867. The van der Waals surface area contributed by atoms with Crippen LogP contribution in [-0.4, -0.2) is 59.9 Å². The largest absolute Gasteiger partial charge is 0.455 e. The monoisotopic (exact) mass is 594 g/mol. The summed E-state index contributed by atoms with van der Waals surface area (Å²) >= 11 is 0. The van der Waals surface area contributed by atoms with Crippen LogP contribution in [-0.2, 0) is 19.0 Å². The molecule has 0 aromatic rings. The van der Waals surface area contributed by atoms with Crippen molar-refractivity contribution in [2.24, 2.45) is 0 Å². The normalized spacial score (nSPS) is 22.0. The number of ether oxygens (including phenoxy) is 3. The molecule has 2 N–H and O–H groups in total. The van der Waals surface area contributed by atoms with E-state index in [1.807, 2.05) is 13.0 Å². The maximum absolute atomic E-state index is 11.6. The molecule has 6 heteroatoms. The smallest absolute Gasteiger partial charge is 0.334 e. The maximum Gasteiger partial charge on any atom is 0.334 e. The maximum atomic E-state index is 11.6. The van der Waals surface area contributed by atoms with Crippen LogP contribution in [0.15, 0.2) is 11.6 Å². The summed E-state index contributed by atoms with van der Waals surface area (Å²) < 4.78 is 17.3. The van der Waals surface area contributed by atoms with Gasteiger partial charge >= 0.3 is 5.97 Å². The summed E-state index contributed by atoms with van der Waals surface area (Å²) in [4.78, 5) is 11.6. The highest BCUT2D eigenvalue weighted by atomic mass is 16.6.